The van der Waals surface area contributed by atoms with Gasteiger partial charge >= 0.3 is 11.9 Å². The molecule has 2 rings (SSSR count). The molecule has 0 aliphatic heterocycles. The number of nitrogens with two attached hydrogens (primary N) is 1. The fraction of sp³-hybridized carbons (Fsp3) is 0.182. The van der Waals surface area contributed by atoms with Crippen LogP contribution in [0.15, 0.2) is 21.7 Å². The van der Waals surface area contributed by atoms with E-state index < -0.39 is 16.8 Å². The summed E-state index contributed by atoms with van der Waals surface area (Å²) in [6.07, 6.45) is 1.06. The lowest BCUT2D eigenvalue weighted by Crippen LogP contribution is -2.12. The lowest BCUT2D eigenvalue weighted by atomic mass is 10.4. The zero-order valence-electron chi connectivity index (χ0n) is 12.0. The first kappa shape index (κ1) is 16.6. The number of nitrogens with one attached hydrogen (secondary N) is 2. The maximum Gasteiger partial charge on any atom is 0.433 e. The molecule has 2 aromatic heterocycles. The number of hydrogen-bond donors (Lipinski definition) is 4. The molecular formula is C11H12N8O5. The number of nitrogen functional groups attached to an aromatic ring is 1. The first-order chi connectivity index (χ1) is 11.4. The van der Waals surface area contributed by atoms with E-state index in [2.05, 4.69) is 30.8 Å². The van der Waals surface area contributed by atoms with Gasteiger partial charge in [-0.25, -0.2) is 5.43 Å². The molecule has 0 fully saturated rings. The third kappa shape index (κ3) is 4.90. The van der Waals surface area contributed by atoms with E-state index in [0.717, 1.165) is 0 Å². The molecule has 13 nitrogen and oxygen atoms in total. The van der Waals surface area contributed by atoms with E-state index in [1.165, 1.54) is 18.3 Å². The Kier molecular flexibility index (Phi) is 5.17. The van der Waals surface area contributed by atoms with Crippen LogP contribution in [0.4, 0.5) is 23.7 Å². The molecular weight excluding hydrogens is 324 g/mol. The van der Waals surface area contributed by atoms with Crippen molar-refractivity contribution in [2.24, 2.45) is 5.10 Å². The molecule has 0 saturated heterocycles. The Balaban J connectivity index is 1.98. The Morgan fingerprint density at radius 2 is 2.17 bits per heavy atom. The number of hydrazone groups is 1. The van der Waals surface area contributed by atoms with E-state index in [-0.39, 0.29) is 36.6 Å². The van der Waals surface area contributed by atoms with Crippen molar-refractivity contribution in [3.05, 3.63) is 28.0 Å². The molecule has 5 N–H and O–H groups in total. The van der Waals surface area contributed by atoms with Crippen molar-refractivity contribution in [3.63, 3.8) is 0 Å². The van der Waals surface area contributed by atoms with Gasteiger partial charge in [0.15, 0.2) is 5.76 Å². The smallest absolute Gasteiger partial charge is 0.433 e. The average molecular weight is 336 g/mol. The van der Waals surface area contributed by atoms with Gasteiger partial charge in [-0.3, -0.25) is 14.9 Å². The minimum absolute atomic E-state index is 0.00219. The monoisotopic (exact) mass is 336 g/mol. The number of furan rings is 1. The van der Waals surface area contributed by atoms with Crippen molar-refractivity contribution in [1.82, 2.24) is 15.0 Å². The van der Waals surface area contributed by atoms with Crippen LogP contribution < -0.4 is 16.5 Å². The summed E-state index contributed by atoms with van der Waals surface area (Å²) in [5.74, 6) is -1.26. The van der Waals surface area contributed by atoms with Crippen LogP contribution in [0.3, 0.4) is 0 Å². The molecule has 0 atom stereocenters. The van der Waals surface area contributed by atoms with Crippen LogP contribution in [0, 0.1) is 10.1 Å². The van der Waals surface area contributed by atoms with Gasteiger partial charge in [-0.05, 0) is 6.07 Å². The predicted octanol–water partition coefficient (Wildman–Crippen LogP) is 0.288. The summed E-state index contributed by atoms with van der Waals surface area (Å²) < 4.78 is 4.87. The lowest BCUT2D eigenvalue weighted by molar-refractivity contribution is -0.402. The summed E-state index contributed by atoms with van der Waals surface area (Å²) in [6.45, 7) is 0.109. The Hall–Kier alpha value is -3.77. The average Bonchev–Trinajstić information content (AvgIpc) is 2.95. The zero-order chi connectivity index (χ0) is 17.5. The number of aromatic nitrogens is 3. The van der Waals surface area contributed by atoms with Gasteiger partial charge in [-0.2, -0.15) is 20.1 Å². The van der Waals surface area contributed by atoms with Crippen LogP contribution in [-0.2, 0) is 4.79 Å². The Bertz CT molecular complexity index is 774. The highest BCUT2D eigenvalue weighted by molar-refractivity contribution is 5.76. The Morgan fingerprint density at radius 3 is 2.83 bits per heavy atom. The fourth-order valence-corrected chi connectivity index (χ4v) is 1.47. The third-order valence-electron chi connectivity index (χ3n) is 2.42. The molecule has 0 radical (unpaired) electrons. The quantitative estimate of drug-likeness (QED) is 0.293. The minimum atomic E-state index is -0.972. The van der Waals surface area contributed by atoms with E-state index in [9.17, 15) is 14.9 Å². The van der Waals surface area contributed by atoms with E-state index in [1.807, 2.05) is 0 Å². The highest BCUT2D eigenvalue weighted by atomic mass is 16.6. The molecule has 0 aliphatic rings. The van der Waals surface area contributed by atoms with Crippen molar-refractivity contribution < 1.29 is 19.2 Å². The van der Waals surface area contributed by atoms with Crippen LogP contribution in [0.25, 0.3) is 0 Å². The molecule has 0 spiro atoms. The van der Waals surface area contributed by atoms with E-state index in [1.54, 1.807) is 0 Å². The topological polar surface area (TPSA) is 195 Å². The summed E-state index contributed by atoms with van der Waals surface area (Å²) in [4.78, 5) is 31.7. The number of rotatable bonds is 8. The van der Waals surface area contributed by atoms with Crippen molar-refractivity contribution in [1.29, 1.82) is 0 Å². The van der Waals surface area contributed by atoms with Crippen molar-refractivity contribution in [3.8, 4) is 0 Å². The number of anilines is 3. The highest BCUT2D eigenvalue weighted by Crippen LogP contribution is 2.14. The van der Waals surface area contributed by atoms with Crippen LogP contribution in [0.1, 0.15) is 12.2 Å². The van der Waals surface area contributed by atoms with E-state index in [0.29, 0.717) is 0 Å². The molecule has 13 heteroatoms. The number of carboxylic acid groups (broad SMARTS) is 1. The van der Waals surface area contributed by atoms with Gasteiger partial charge in [0.2, 0.25) is 17.8 Å². The molecule has 2 heterocycles. The zero-order valence-corrected chi connectivity index (χ0v) is 12.0. The van der Waals surface area contributed by atoms with Crippen LogP contribution in [-0.4, -0.2) is 43.7 Å². The summed E-state index contributed by atoms with van der Waals surface area (Å²) in [7, 11) is 0. The van der Waals surface area contributed by atoms with E-state index in [4.69, 9.17) is 15.3 Å². The largest absolute Gasteiger partial charge is 0.481 e. The third-order valence-corrected chi connectivity index (χ3v) is 2.42. The van der Waals surface area contributed by atoms with Crippen molar-refractivity contribution >= 4 is 35.9 Å². The van der Waals surface area contributed by atoms with Gasteiger partial charge in [-0.15, -0.1) is 0 Å². The van der Waals surface area contributed by atoms with Crippen LogP contribution >= 0.6 is 0 Å². The van der Waals surface area contributed by atoms with Crippen molar-refractivity contribution in [2.75, 3.05) is 23.0 Å². The number of carbonyl (C=O) groups is 1. The first-order valence-electron chi connectivity index (χ1n) is 6.44. The lowest BCUT2D eigenvalue weighted by Gasteiger charge is -2.05. The summed E-state index contributed by atoms with van der Waals surface area (Å²) >= 11 is 0. The molecule has 0 amide bonds. The van der Waals surface area contributed by atoms with Crippen LogP contribution in [0.5, 0.6) is 0 Å². The van der Waals surface area contributed by atoms with Gasteiger partial charge in [0, 0.05) is 6.54 Å². The molecule has 0 saturated carbocycles. The molecule has 2 aromatic rings. The molecule has 0 aromatic carbocycles. The van der Waals surface area contributed by atoms with Gasteiger partial charge in [-0.1, -0.05) is 0 Å². The Morgan fingerprint density at radius 1 is 1.42 bits per heavy atom. The number of aliphatic carboxylic acids is 1. The number of nitro groups is 1. The second kappa shape index (κ2) is 7.48. The molecule has 0 aliphatic carbocycles. The second-order valence-electron chi connectivity index (χ2n) is 4.21. The van der Waals surface area contributed by atoms with Crippen molar-refractivity contribution in [2.45, 2.75) is 6.42 Å². The van der Waals surface area contributed by atoms with Gasteiger partial charge in [0.05, 0.1) is 18.7 Å². The molecule has 0 unspecified atom stereocenters. The minimum Gasteiger partial charge on any atom is -0.481 e. The molecule has 0 bridgehead atoms. The van der Waals surface area contributed by atoms with Gasteiger partial charge < -0.3 is 20.6 Å². The fourth-order valence-electron chi connectivity index (χ4n) is 1.47. The number of hydrogen-bond acceptors (Lipinski definition) is 11. The SMILES string of the molecule is Nc1nc(NCCC(=O)O)nc(N/N=C/c2ccc([N+](=O)[O-])o2)n1. The first-order valence-corrected chi connectivity index (χ1v) is 6.44. The maximum atomic E-state index is 10.5. The van der Waals surface area contributed by atoms with Gasteiger partial charge in [0.25, 0.3) is 0 Å². The molecule has 126 valence electrons. The second-order valence-corrected chi connectivity index (χ2v) is 4.21. The normalized spacial score (nSPS) is 10.7. The summed E-state index contributed by atoms with van der Waals surface area (Å²) in [6, 6.07) is 2.55. The standard InChI is InChI=1S/C11H12N8O5/c12-9-15-10(13-4-3-8(20)21)17-11(16-9)18-14-5-6-1-2-7(24-6)19(22)23/h1-2,5H,3-4H2,(H,20,21)(H4,12,13,15,16,17,18)/b14-5+. The summed E-state index contributed by atoms with van der Waals surface area (Å²) in [5.41, 5.74) is 7.96. The molecule has 24 heavy (non-hydrogen) atoms. The summed E-state index contributed by atoms with van der Waals surface area (Å²) in [5, 5.41) is 25.5. The van der Waals surface area contributed by atoms with Crippen LogP contribution in [0.2, 0.25) is 0 Å². The number of nitrogens with zero attached hydrogens (tertiary/aromatic N) is 5. The number of carboxylic acids is 1. The van der Waals surface area contributed by atoms with Gasteiger partial charge in [0.1, 0.15) is 4.92 Å². The predicted molar refractivity (Wildman–Crippen MR) is 81.6 cm³/mol. The maximum absolute atomic E-state index is 10.5. The Labute approximate surface area is 133 Å². The highest BCUT2D eigenvalue weighted by Gasteiger charge is 2.10. The van der Waals surface area contributed by atoms with E-state index >= 15 is 0 Å².